The lowest BCUT2D eigenvalue weighted by Crippen LogP contribution is -2.20. The van der Waals surface area contributed by atoms with Crippen molar-refractivity contribution in [3.8, 4) is 11.1 Å². The number of nitro benzene ring substituents is 1. The van der Waals surface area contributed by atoms with Gasteiger partial charge in [-0.2, -0.15) is 4.98 Å². The van der Waals surface area contributed by atoms with Crippen LogP contribution in [0.3, 0.4) is 0 Å². The van der Waals surface area contributed by atoms with Crippen LogP contribution in [-0.4, -0.2) is 28.5 Å². The number of benzene rings is 1. The fraction of sp³-hybridized carbons (Fsp3) is 0.294. The van der Waals surface area contributed by atoms with Gasteiger partial charge < -0.3 is 4.90 Å². The van der Waals surface area contributed by atoms with Crippen LogP contribution in [0.4, 0.5) is 11.5 Å². The Labute approximate surface area is 154 Å². The molecule has 0 saturated carbocycles. The van der Waals surface area contributed by atoms with Gasteiger partial charge in [0.15, 0.2) is 0 Å². The third-order valence-corrected chi connectivity index (χ3v) is 5.01. The van der Waals surface area contributed by atoms with E-state index in [1.165, 1.54) is 17.4 Å². The molecule has 0 N–H and O–H groups in total. The third-order valence-electron chi connectivity index (χ3n) is 3.96. The number of unbranched alkanes of at least 4 members (excludes halogenated alkanes) is 1. The smallest absolute Gasteiger partial charge is 0.270 e. The summed E-state index contributed by atoms with van der Waals surface area (Å²) in [6.45, 7) is 2.98. The van der Waals surface area contributed by atoms with Crippen molar-refractivity contribution in [3.05, 3.63) is 45.0 Å². The van der Waals surface area contributed by atoms with E-state index in [9.17, 15) is 10.1 Å². The van der Waals surface area contributed by atoms with Crippen LogP contribution in [0.15, 0.2) is 29.6 Å². The van der Waals surface area contributed by atoms with Gasteiger partial charge >= 0.3 is 0 Å². The lowest BCUT2D eigenvalue weighted by molar-refractivity contribution is -0.384. The predicted molar refractivity (Wildman–Crippen MR) is 103 cm³/mol. The molecule has 0 atom stereocenters. The first-order valence-electron chi connectivity index (χ1n) is 7.92. The maximum Gasteiger partial charge on any atom is 0.270 e. The molecule has 0 aliphatic heterocycles. The van der Waals surface area contributed by atoms with Crippen molar-refractivity contribution in [2.24, 2.45) is 0 Å². The van der Waals surface area contributed by atoms with Gasteiger partial charge in [0.2, 0.25) is 5.28 Å². The molecule has 2 aromatic heterocycles. The number of aromatic nitrogens is 2. The van der Waals surface area contributed by atoms with E-state index in [1.807, 2.05) is 18.5 Å². The van der Waals surface area contributed by atoms with E-state index in [2.05, 4.69) is 21.8 Å². The average molecular weight is 377 g/mol. The molecule has 0 fully saturated rings. The van der Waals surface area contributed by atoms with Crippen LogP contribution in [0.5, 0.6) is 0 Å². The largest absolute Gasteiger partial charge is 0.359 e. The van der Waals surface area contributed by atoms with Crippen molar-refractivity contribution in [2.75, 3.05) is 18.5 Å². The number of halogens is 1. The van der Waals surface area contributed by atoms with Crippen molar-refractivity contribution < 1.29 is 4.92 Å². The number of hydrogen-bond donors (Lipinski definition) is 0. The summed E-state index contributed by atoms with van der Waals surface area (Å²) in [5.41, 5.74) is 1.72. The third kappa shape index (κ3) is 3.57. The second-order valence-electron chi connectivity index (χ2n) is 5.73. The van der Waals surface area contributed by atoms with E-state index >= 15 is 0 Å². The second kappa shape index (κ2) is 7.33. The normalized spacial score (nSPS) is 11.0. The molecule has 0 aliphatic rings. The van der Waals surface area contributed by atoms with Crippen LogP contribution in [0.25, 0.3) is 21.3 Å². The molecular formula is C17H17ClN4O2S. The summed E-state index contributed by atoms with van der Waals surface area (Å²) in [5, 5.41) is 14.1. The highest BCUT2D eigenvalue weighted by molar-refractivity contribution is 7.17. The molecule has 0 saturated heterocycles. The van der Waals surface area contributed by atoms with Crippen LogP contribution in [0.1, 0.15) is 19.8 Å². The van der Waals surface area contributed by atoms with Crippen molar-refractivity contribution >= 4 is 44.7 Å². The Hall–Kier alpha value is -2.25. The Morgan fingerprint density at radius 3 is 2.88 bits per heavy atom. The Kier molecular flexibility index (Phi) is 5.15. The van der Waals surface area contributed by atoms with Crippen molar-refractivity contribution in [3.63, 3.8) is 0 Å². The summed E-state index contributed by atoms with van der Waals surface area (Å²) in [6, 6.07) is 6.61. The fourth-order valence-corrected chi connectivity index (χ4v) is 3.83. The van der Waals surface area contributed by atoms with E-state index in [4.69, 9.17) is 11.6 Å². The molecule has 0 radical (unpaired) electrons. The van der Waals surface area contributed by atoms with Gasteiger partial charge in [-0.1, -0.05) is 25.5 Å². The lowest BCUT2D eigenvalue weighted by Gasteiger charge is -2.19. The van der Waals surface area contributed by atoms with Gasteiger partial charge in [-0.3, -0.25) is 10.1 Å². The van der Waals surface area contributed by atoms with Gasteiger partial charge in [0.05, 0.1) is 10.3 Å². The molecular weight excluding hydrogens is 360 g/mol. The fourth-order valence-electron chi connectivity index (χ4n) is 2.68. The molecule has 0 unspecified atom stereocenters. The number of nitro groups is 1. The number of rotatable bonds is 6. The molecule has 25 heavy (non-hydrogen) atoms. The Morgan fingerprint density at radius 2 is 2.16 bits per heavy atom. The molecule has 3 aromatic rings. The number of hydrogen-bond acceptors (Lipinski definition) is 6. The number of anilines is 1. The average Bonchev–Trinajstić information content (AvgIpc) is 3.02. The molecule has 0 aliphatic carbocycles. The van der Waals surface area contributed by atoms with Crippen LogP contribution in [0, 0.1) is 10.1 Å². The van der Waals surface area contributed by atoms with E-state index < -0.39 is 0 Å². The van der Waals surface area contributed by atoms with E-state index in [0.717, 1.165) is 46.5 Å². The molecule has 0 bridgehead atoms. The first-order chi connectivity index (χ1) is 12.0. The van der Waals surface area contributed by atoms with Gasteiger partial charge in [0.1, 0.15) is 10.6 Å². The highest BCUT2D eigenvalue weighted by atomic mass is 35.5. The molecule has 6 nitrogen and oxygen atoms in total. The molecule has 3 rings (SSSR count). The first-order valence-corrected chi connectivity index (χ1v) is 9.17. The van der Waals surface area contributed by atoms with Gasteiger partial charge in [0, 0.05) is 36.7 Å². The SMILES string of the molecule is CCCCN(C)c1nc(Cl)nc2scc(-c3cccc([N+](=O)[O-])c3)c12. The van der Waals surface area contributed by atoms with Gasteiger partial charge in [0.25, 0.3) is 5.69 Å². The van der Waals surface area contributed by atoms with Crippen LogP contribution < -0.4 is 4.90 Å². The highest BCUT2D eigenvalue weighted by Gasteiger charge is 2.18. The molecule has 2 heterocycles. The van der Waals surface area contributed by atoms with Gasteiger partial charge in [-0.15, -0.1) is 11.3 Å². The summed E-state index contributed by atoms with van der Waals surface area (Å²) in [4.78, 5) is 22.3. The van der Waals surface area contributed by atoms with E-state index in [1.54, 1.807) is 12.1 Å². The molecule has 0 spiro atoms. The Morgan fingerprint density at radius 1 is 1.36 bits per heavy atom. The molecule has 1 aromatic carbocycles. The zero-order valence-electron chi connectivity index (χ0n) is 13.9. The van der Waals surface area contributed by atoms with Crippen molar-refractivity contribution in [1.82, 2.24) is 9.97 Å². The number of nitrogens with zero attached hydrogens (tertiary/aromatic N) is 4. The second-order valence-corrected chi connectivity index (χ2v) is 6.92. The zero-order valence-corrected chi connectivity index (χ0v) is 15.5. The quantitative estimate of drug-likeness (QED) is 0.337. The summed E-state index contributed by atoms with van der Waals surface area (Å²) in [7, 11) is 1.97. The van der Waals surface area contributed by atoms with Crippen molar-refractivity contribution in [1.29, 1.82) is 0 Å². The monoisotopic (exact) mass is 376 g/mol. The zero-order chi connectivity index (χ0) is 18.0. The Balaban J connectivity index is 2.17. The van der Waals surface area contributed by atoms with E-state index in [0.29, 0.717) is 0 Å². The predicted octanol–water partition coefficient (Wildman–Crippen LogP) is 5.16. The highest BCUT2D eigenvalue weighted by Crippen LogP contribution is 2.39. The van der Waals surface area contributed by atoms with E-state index in [-0.39, 0.29) is 15.9 Å². The maximum absolute atomic E-state index is 11.1. The minimum atomic E-state index is -0.389. The van der Waals surface area contributed by atoms with Gasteiger partial charge in [-0.05, 0) is 23.6 Å². The topological polar surface area (TPSA) is 72.2 Å². The summed E-state index contributed by atoms with van der Waals surface area (Å²) < 4.78 is 0. The molecule has 0 amide bonds. The minimum Gasteiger partial charge on any atom is -0.359 e. The van der Waals surface area contributed by atoms with Crippen LogP contribution in [0.2, 0.25) is 5.28 Å². The number of non-ortho nitro benzene ring substituents is 1. The number of fused-ring (bicyclic) bond motifs is 1. The van der Waals surface area contributed by atoms with Crippen molar-refractivity contribution in [2.45, 2.75) is 19.8 Å². The minimum absolute atomic E-state index is 0.0626. The summed E-state index contributed by atoms with van der Waals surface area (Å²) in [6.07, 6.45) is 2.11. The van der Waals surface area contributed by atoms with Gasteiger partial charge in [-0.25, -0.2) is 4.98 Å². The molecule has 130 valence electrons. The molecule has 8 heteroatoms. The summed E-state index contributed by atoms with van der Waals surface area (Å²) in [5.74, 6) is 0.756. The van der Waals surface area contributed by atoms with Crippen LogP contribution >= 0.6 is 22.9 Å². The lowest BCUT2D eigenvalue weighted by atomic mass is 10.1. The Bertz CT molecular complexity index is 928. The summed E-state index contributed by atoms with van der Waals surface area (Å²) >= 11 is 7.55. The first kappa shape index (κ1) is 17.6. The standard InChI is InChI=1S/C17H17ClN4O2S/c1-3-4-8-21(2)15-14-13(10-25-16(14)20-17(18)19-15)11-6-5-7-12(9-11)22(23)24/h5-7,9-10H,3-4,8H2,1-2H3. The maximum atomic E-state index is 11.1. The van der Waals surface area contributed by atoms with Crippen LogP contribution in [-0.2, 0) is 0 Å². The number of thiophene rings is 1.